The normalized spacial score (nSPS) is 15.0. The van der Waals surface area contributed by atoms with Crippen LogP contribution in [0.3, 0.4) is 0 Å². The molecule has 7 heteroatoms. The van der Waals surface area contributed by atoms with Gasteiger partial charge in [-0.1, -0.05) is 0 Å². The molecule has 1 saturated heterocycles. The van der Waals surface area contributed by atoms with E-state index in [0.717, 1.165) is 64.7 Å². The molecule has 150 valence electrons. The van der Waals surface area contributed by atoms with Crippen molar-refractivity contribution in [3.05, 3.63) is 53.9 Å². The van der Waals surface area contributed by atoms with Crippen LogP contribution in [-0.2, 0) is 7.05 Å². The predicted molar refractivity (Wildman–Crippen MR) is 116 cm³/mol. The molecule has 0 bridgehead atoms. The summed E-state index contributed by atoms with van der Waals surface area (Å²) < 4.78 is 16.8. The molecular formula is C22H23ClFN5. The van der Waals surface area contributed by atoms with E-state index in [2.05, 4.69) is 32.5 Å². The van der Waals surface area contributed by atoms with Crippen LogP contribution in [0.25, 0.3) is 32.9 Å². The van der Waals surface area contributed by atoms with Gasteiger partial charge < -0.3 is 5.32 Å². The van der Waals surface area contributed by atoms with Crippen molar-refractivity contribution in [3.8, 4) is 11.1 Å². The fourth-order valence-electron chi connectivity index (χ4n) is 4.16. The van der Waals surface area contributed by atoms with Gasteiger partial charge in [0.05, 0.1) is 5.52 Å². The standard InChI is InChI=1S/C22H22FN5.ClH/c1-13-7-15(9-18-12-28(2)27-20(13)18)16-8-17-11-25-22(14-3-5-24-6-4-14)26-21(17)19(23)10-16;/h7-12,14,24H,3-6H2,1-2H3;1H. The van der Waals surface area contributed by atoms with E-state index in [9.17, 15) is 4.39 Å². The van der Waals surface area contributed by atoms with E-state index in [1.165, 1.54) is 0 Å². The van der Waals surface area contributed by atoms with E-state index in [0.29, 0.717) is 11.4 Å². The van der Waals surface area contributed by atoms with E-state index >= 15 is 0 Å². The monoisotopic (exact) mass is 411 g/mol. The van der Waals surface area contributed by atoms with Crippen LogP contribution in [-0.4, -0.2) is 32.8 Å². The highest BCUT2D eigenvalue weighted by molar-refractivity contribution is 5.90. The first-order chi connectivity index (χ1) is 13.6. The average molecular weight is 412 g/mol. The first kappa shape index (κ1) is 19.7. The summed E-state index contributed by atoms with van der Waals surface area (Å²) in [6.45, 7) is 3.96. The SMILES string of the molecule is Cc1cc(-c2cc(F)c3nc(C4CCNCC4)ncc3c2)cc2cn(C)nc12.Cl. The maximum Gasteiger partial charge on any atom is 0.150 e. The second-order valence-electron chi connectivity index (χ2n) is 7.68. The molecule has 3 heterocycles. The zero-order valence-electron chi connectivity index (χ0n) is 16.4. The molecule has 5 nitrogen and oxygen atoms in total. The Bertz CT molecular complexity index is 1200. The summed E-state index contributed by atoms with van der Waals surface area (Å²) in [6.07, 6.45) is 5.74. The van der Waals surface area contributed by atoms with Crippen molar-refractivity contribution in [2.24, 2.45) is 7.05 Å². The number of halogens is 2. The Hall–Kier alpha value is -2.57. The molecule has 4 aromatic rings. The smallest absolute Gasteiger partial charge is 0.150 e. The summed E-state index contributed by atoms with van der Waals surface area (Å²) in [5, 5.41) is 9.61. The first-order valence-corrected chi connectivity index (χ1v) is 9.70. The number of aryl methyl sites for hydroxylation is 2. The molecule has 5 rings (SSSR count). The molecule has 0 spiro atoms. The van der Waals surface area contributed by atoms with Crippen LogP contribution in [0.2, 0.25) is 0 Å². The van der Waals surface area contributed by atoms with Crippen LogP contribution in [0, 0.1) is 12.7 Å². The number of rotatable bonds is 2. The van der Waals surface area contributed by atoms with Crippen molar-refractivity contribution in [3.63, 3.8) is 0 Å². The van der Waals surface area contributed by atoms with Crippen molar-refractivity contribution in [1.82, 2.24) is 25.1 Å². The molecule has 0 unspecified atom stereocenters. The van der Waals surface area contributed by atoms with Gasteiger partial charge in [0.2, 0.25) is 0 Å². The van der Waals surface area contributed by atoms with Gasteiger partial charge in [-0.2, -0.15) is 5.10 Å². The first-order valence-electron chi connectivity index (χ1n) is 9.70. The highest BCUT2D eigenvalue weighted by Gasteiger charge is 2.19. The molecular weight excluding hydrogens is 389 g/mol. The quantitative estimate of drug-likeness (QED) is 0.527. The Morgan fingerprint density at radius 2 is 1.76 bits per heavy atom. The number of piperidine rings is 1. The largest absolute Gasteiger partial charge is 0.317 e. The number of fused-ring (bicyclic) bond motifs is 2. The van der Waals surface area contributed by atoms with Gasteiger partial charge in [-0.25, -0.2) is 14.4 Å². The molecule has 0 saturated carbocycles. The summed E-state index contributed by atoms with van der Waals surface area (Å²) in [4.78, 5) is 9.14. The lowest BCUT2D eigenvalue weighted by Crippen LogP contribution is -2.27. The van der Waals surface area contributed by atoms with Gasteiger partial charge in [0.25, 0.3) is 0 Å². The number of nitrogens with one attached hydrogen (secondary N) is 1. The zero-order chi connectivity index (χ0) is 19.3. The lowest BCUT2D eigenvalue weighted by molar-refractivity contribution is 0.445. The van der Waals surface area contributed by atoms with Crippen molar-refractivity contribution in [2.45, 2.75) is 25.7 Å². The maximum atomic E-state index is 15.0. The number of benzene rings is 2. The Labute approximate surface area is 174 Å². The molecule has 1 aliphatic rings. The predicted octanol–water partition coefficient (Wildman–Crippen LogP) is 4.52. The van der Waals surface area contributed by atoms with Crippen LogP contribution < -0.4 is 5.32 Å². The lowest BCUT2D eigenvalue weighted by Gasteiger charge is -2.21. The Kier molecular flexibility index (Phi) is 5.23. The highest BCUT2D eigenvalue weighted by Crippen LogP contribution is 2.31. The Morgan fingerprint density at radius 1 is 1.03 bits per heavy atom. The molecule has 0 amide bonds. The van der Waals surface area contributed by atoms with Gasteiger partial charge in [-0.3, -0.25) is 4.68 Å². The molecule has 0 aliphatic carbocycles. The molecule has 29 heavy (non-hydrogen) atoms. The maximum absolute atomic E-state index is 15.0. The van der Waals surface area contributed by atoms with Crippen LogP contribution in [0.1, 0.15) is 30.1 Å². The van der Waals surface area contributed by atoms with Gasteiger partial charge in [0, 0.05) is 36.1 Å². The van der Waals surface area contributed by atoms with E-state index in [1.807, 2.05) is 26.2 Å². The molecule has 1 aliphatic heterocycles. The molecule has 0 atom stereocenters. The minimum absolute atomic E-state index is 0. The third kappa shape index (κ3) is 3.58. The van der Waals surface area contributed by atoms with Gasteiger partial charge >= 0.3 is 0 Å². The zero-order valence-corrected chi connectivity index (χ0v) is 17.3. The van der Waals surface area contributed by atoms with Crippen LogP contribution in [0.5, 0.6) is 0 Å². The van der Waals surface area contributed by atoms with Crippen molar-refractivity contribution >= 4 is 34.2 Å². The van der Waals surface area contributed by atoms with Crippen molar-refractivity contribution in [2.75, 3.05) is 13.1 Å². The van der Waals surface area contributed by atoms with Crippen molar-refractivity contribution in [1.29, 1.82) is 0 Å². The molecule has 1 fully saturated rings. The Morgan fingerprint density at radius 3 is 2.55 bits per heavy atom. The molecule has 2 aromatic carbocycles. The number of aromatic nitrogens is 4. The minimum atomic E-state index is -0.297. The summed E-state index contributed by atoms with van der Waals surface area (Å²) in [5.41, 5.74) is 4.26. The summed E-state index contributed by atoms with van der Waals surface area (Å²) >= 11 is 0. The van der Waals surface area contributed by atoms with Crippen LogP contribution >= 0.6 is 12.4 Å². The van der Waals surface area contributed by atoms with Crippen LogP contribution in [0.4, 0.5) is 4.39 Å². The minimum Gasteiger partial charge on any atom is -0.317 e. The third-order valence-corrected chi connectivity index (χ3v) is 5.61. The average Bonchev–Trinajstić information content (AvgIpc) is 3.09. The Balaban J connectivity index is 0.00000205. The van der Waals surface area contributed by atoms with E-state index in [-0.39, 0.29) is 18.2 Å². The summed E-state index contributed by atoms with van der Waals surface area (Å²) in [7, 11) is 1.91. The number of hydrogen-bond acceptors (Lipinski definition) is 4. The lowest BCUT2D eigenvalue weighted by atomic mass is 9.96. The van der Waals surface area contributed by atoms with Gasteiger partial charge in [0.1, 0.15) is 17.2 Å². The van der Waals surface area contributed by atoms with Gasteiger partial charge in [-0.05, 0) is 73.8 Å². The summed E-state index contributed by atoms with van der Waals surface area (Å²) in [5.74, 6) is 0.766. The fraction of sp³-hybridized carbons (Fsp3) is 0.318. The van der Waals surface area contributed by atoms with Gasteiger partial charge in [0.15, 0.2) is 0 Å². The third-order valence-electron chi connectivity index (χ3n) is 5.61. The van der Waals surface area contributed by atoms with Crippen LogP contribution in [0.15, 0.2) is 36.7 Å². The fourth-order valence-corrected chi connectivity index (χ4v) is 4.16. The topological polar surface area (TPSA) is 55.6 Å². The highest BCUT2D eigenvalue weighted by atomic mass is 35.5. The second kappa shape index (κ2) is 7.69. The second-order valence-corrected chi connectivity index (χ2v) is 7.68. The number of nitrogens with zero attached hydrogens (tertiary/aromatic N) is 4. The van der Waals surface area contributed by atoms with Gasteiger partial charge in [-0.15, -0.1) is 12.4 Å². The molecule has 0 radical (unpaired) electrons. The molecule has 1 N–H and O–H groups in total. The van der Waals surface area contributed by atoms with E-state index in [1.54, 1.807) is 16.9 Å². The van der Waals surface area contributed by atoms with E-state index in [4.69, 9.17) is 0 Å². The van der Waals surface area contributed by atoms with Crippen molar-refractivity contribution < 1.29 is 4.39 Å². The van der Waals surface area contributed by atoms with E-state index < -0.39 is 0 Å². The number of hydrogen-bond donors (Lipinski definition) is 1. The summed E-state index contributed by atoms with van der Waals surface area (Å²) in [6, 6.07) is 7.67. The molecule has 2 aromatic heterocycles.